The summed E-state index contributed by atoms with van der Waals surface area (Å²) >= 11 is 0. The van der Waals surface area contributed by atoms with Crippen molar-refractivity contribution in [3.63, 3.8) is 0 Å². The number of unbranched alkanes of at least 4 members (excludes halogenated alkanes) is 8. The van der Waals surface area contributed by atoms with Gasteiger partial charge in [0.15, 0.2) is 0 Å². The summed E-state index contributed by atoms with van der Waals surface area (Å²) < 4.78 is 0. The molecule has 0 fully saturated rings. The Morgan fingerprint density at radius 1 is 1.00 bits per heavy atom. The van der Waals surface area contributed by atoms with E-state index in [9.17, 15) is 0 Å². The molecular weight excluding hydrogens is 272 g/mol. The molecule has 0 saturated carbocycles. The molecule has 0 amide bonds. The number of allylic oxidation sites excluding steroid dienone is 2. The van der Waals surface area contributed by atoms with Crippen LogP contribution in [0.4, 0.5) is 0 Å². The number of hydrogen-bond acceptors (Lipinski definition) is 3. The predicted molar refractivity (Wildman–Crippen MR) is 95.5 cm³/mol. The molecule has 0 aromatic heterocycles. The molecule has 128 valence electrons. The molecule has 3 nitrogen and oxygen atoms in total. The average molecular weight is 309 g/mol. The molecular formula is C19H36N2O. The Morgan fingerprint density at radius 3 is 2.41 bits per heavy atom. The summed E-state index contributed by atoms with van der Waals surface area (Å²) in [6, 6.07) is 0. The second-order valence-corrected chi connectivity index (χ2v) is 6.27. The van der Waals surface area contributed by atoms with Crippen LogP contribution in [0.15, 0.2) is 24.6 Å². The van der Waals surface area contributed by atoms with E-state index in [-0.39, 0.29) is 6.61 Å². The fourth-order valence-electron chi connectivity index (χ4n) is 2.92. The fourth-order valence-corrected chi connectivity index (χ4v) is 2.92. The highest BCUT2D eigenvalue weighted by atomic mass is 16.3. The third-order valence-corrected chi connectivity index (χ3v) is 4.30. The zero-order valence-electron chi connectivity index (χ0n) is 14.5. The number of nitrogens with zero attached hydrogens (tertiary/aromatic N) is 1. The molecule has 0 radical (unpaired) electrons. The topological polar surface area (TPSA) is 35.5 Å². The van der Waals surface area contributed by atoms with Gasteiger partial charge in [-0.3, -0.25) is 0 Å². The molecule has 0 spiro atoms. The molecule has 2 N–H and O–H groups in total. The molecule has 1 heterocycles. The van der Waals surface area contributed by atoms with Crippen LogP contribution in [0.3, 0.4) is 0 Å². The Balaban J connectivity index is 1.87. The monoisotopic (exact) mass is 308 g/mol. The summed E-state index contributed by atoms with van der Waals surface area (Å²) in [5.74, 6) is 0. The molecule has 1 atom stereocenters. The van der Waals surface area contributed by atoms with Gasteiger partial charge in [0, 0.05) is 18.9 Å². The van der Waals surface area contributed by atoms with Crippen molar-refractivity contribution >= 4 is 0 Å². The summed E-state index contributed by atoms with van der Waals surface area (Å²) in [5.41, 5.74) is 0. The highest BCUT2D eigenvalue weighted by Crippen LogP contribution is 2.13. The molecule has 3 heteroatoms. The summed E-state index contributed by atoms with van der Waals surface area (Å²) in [7, 11) is 0. The van der Waals surface area contributed by atoms with Crippen molar-refractivity contribution in [2.75, 3.05) is 13.2 Å². The van der Waals surface area contributed by atoms with Crippen LogP contribution in [0.5, 0.6) is 0 Å². The van der Waals surface area contributed by atoms with Gasteiger partial charge in [0.1, 0.15) is 0 Å². The first kappa shape index (κ1) is 19.1. The number of aliphatic hydroxyl groups excluding tert-OH is 1. The SMILES string of the molecule is CCCCCCCC/C=C/CCCCC1NC=CN1CCO. The summed E-state index contributed by atoms with van der Waals surface area (Å²) in [5, 5.41) is 12.4. The van der Waals surface area contributed by atoms with Crippen LogP contribution >= 0.6 is 0 Å². The first-order valence-corrected chi connectivity index (χ1v) is 9.32. The van der Waals surface area contributed by atoms with E-state index in [1.165, 1.54) is 64.2 Å². The van der Waals surface area contributed by atoms with Crippen molar-refractivity contribution in [1.82, 2.24) is 10.2 Å². The largest absolute Gasteiger partial charge is 0.395 e. The number of rotatable bonds is 14. The molecule has 0 aromatic carbocycles. The first-order valence-electron chi connectivity index (χ1n) is 9.32. The van der Waals surface area contributed by atoms with E-state index in [1.54, 1.807) is 0 Å². The van der Waals surface area contributed by atoms with Crippen LogP contribution in [0.1, 0.15) is 77.6 Å². The molecule has 0 bridgehead atoms. The minimum Gasteiger partial charge on any atom is -0.395 e. The summed E-state index contributed by atoms with van der Waals surface area (Å²) in [6.45, 7) is 3.22. The van der Waals surface area contributed by atoms with Gasteiger partial charge in [-0.15, -0.1) is 0 Å². The minimum atomic E-state index is 0.226. The van der Waals surface area contributed by atoms with Gasteiger partial charge in [-0.05, 0) is 38.5 Å². The average Bonchev–Trinajstić information content (AvgIpc) is 2.96. The molecule has 1 aliphatic heterocycles. The lowest BCUT2D eigenvalue weighted by atomic mass is 10.1. The maximum absolute atomic E-state index is 9.00. The van der Waals surface area contributed by atoms with Crippen molar-refractivity contribution in [2.45, 2.75) is 83.7 Å². The second-order valence-electron chi connectivity index (χ2n) is 6.27. The number of aliphatic hydroxyl groups is 1. The lowest BCUT2D eigenvalue weighted by molar-refractivity contribution is 0.194. The Hall–Kier alpha value is -0.960. The Morgan fingerprint density at radius 2 is 1.68 bits per heavy atom. The van der Waals surface area contributed by atoms with Gasteiger partial charge in [0.05, 0.1) is 12.8 Å². The van der Waals surface area contributed by atoms with Gasteiger partial charge in [0.25, 0.3) is 0 Å². The van der Waals surface area contributed by atoms with E-state index in [2.05, 4.69) is 29.3 Å². The van der Waals surface area contributed by atoms with E-state index in [4.69, 9.17) is 5.11 Å². The Labute approximate surface area is 137 Å². The summed E-state index contributed by atoms with van der Waals surface area (Å²) in [4.78, 5) is 2.19. The molecule has 1 aliphatic rings. The number of hydrogen-bond donors (Lipinski definition) is 2. The standard InChI is InChI=1S/C19H36N2O/c1-2-3-4-5-6-7-8-9-10-11-12-13-14-19-20-15-16-21(19)17-18-22/h9-10,15-16,19-20,22H,2-8,11-14,17-18H2,1H3/b10-9+. The lowest BCUT2D eigenvalue weighted by Gasteiger charge is -2.24. The first-order chi connectivity index (χ1) is 10.9. The second kappa shape index (κ2) is 13.7. The molecule has 0 saturated heterocycles. The third kappa shape index (κ3) is 9.14. The fraction of sp³-hybridized carbons (Fsp3) is 0.789. The molecule has 1 unspecified atom stereocenters. The van der Waals surface area contributed by atoms with Crippen LogP contribution in [-0.4, -0.2) is 29.3 Å². The van der Waals surface area contributed by atoms with Gasteiger partial charge in [-0.2, -0.15) is 0 Å². The minimum absolute atomic E-state index is 0.226. The quantitative estimate of drug-likeness (QED) is 0.365. The van der Waals surface area contributed by atoms with Crippen LogP contribution in [0.25, 0.3) is 0 Å². The molecule has 0 aliphatic carbocycles. The summed E-state index contributed by atoms with van der Waals surface area (Å²) in [6.07, 6.45) is 23.6. The van der Waals surface area contributed by atoms with Gasteiger partial charge >= 0.3 is 0 Å². The van der Waals surface area contributed by atoms with Crippen LogP contribution in [-0.2, 0) is 0 Å². The van der Waals surface area contributed by atoms with Gasteiger partial charge in [0.2, 0.25) is 0 Å². The highest BCUT2D eigenvalue weighted by Gasteiger charge is 2.16. The van der Waals surface area contributed by atoms with Crippen molar-refractivity contribution in [3.8, 4) is 0 Å². The van der Waals surface area contributed by atoms with Crippen LogP contribution in [0, 0.1) is 0 Å². The Kier molecular flexibility index (Phi) is 11.9. The third-order valence-electron chi connectivity index (χ3n) is 4.30. The zero-order chi connectivity index (χ0) is 15.9. The van der Waals surface area contributed by atoms with Crippen LogP contribution in [0.2, 0.25) is 0 Å². The van der Waals surface area contributed by atoms with E-state index in [0.29, 0.717) is 6.17 Å². The van der Waals surface area contributed by atoms with Crippen molar-refractivity contribution in [1.29, 1.82) is 0 Å². The van der Waals surface area contributed by atoms with E-state index in [1.807, 2.05) is 12.4 Å². The lowest BCUT2D eigenvalue weighted by Crippen LogP contribution is -2.36. The highest BCUT2D eigenvalue weighted by molar-refractivity contribution is 4.94. The van der Waals surface area contributed by atoms with Gasteiger partial charge in [-0.1, -0.05) is 51.2 Å². The number of β-amino-alcohol motifs (C(OH)–C–C–N with tert-alkyl or cyclic N) is 1. The molecule has 0 aromatic rings. The van der Waals surface area contributed by atoms with Gasteiger partial charge < -0.3 is 15.3 Å². The molecule has 22 heavy (non-hydrogen) atoms. The van der Waals surface area contributed by atoms with E-state index < -0.39 is 0 Å². The predicted octanol–water partition coefficient (Wildman–Crippen LogP) is 4.55. The molecule has 1 rings (SSSR count). The van der Waals surface area contributed by atoms with E-state index in [0.717, 1.165) is 13.0 Å². The maximum atomic E-state index is 9.00. The normalized spacial score (nSPS) is 17.5. The zero-order valence-corrected chi connectivity index (χ0v) is 14.5. The van der Waals surface area contributed by atoms with Crippen LogP contribution < -0.4 is 5.32 Å². The van der Waals surface area contributed by atoms with Crippen molar-refractivity contribution < 1.29 is 5.11 Å². The number of nitrogens with one attached hydrogen (secondary N) is 1. The maximum Gasteiger partial charge on any atom is 0.0982 e. The smallest absolute Gasteiger partial charge is 0.0982 e. The van der Waals surface area contributed by atoms with E-state index >= 15 is 0 Å². The Bertz CT molecular complexity index is 302. The van der Waals surface area contributed by atoms with Crippen molar-refractivity contribution in [3.05, 3.63) is 24.6 Å². The van der Waals surface area contributed by atoms with Gasteiger partial charge in [-0.25, -0.2) is 0 Å². The van der Waals surface area contributed by atoms with Crippen molar-refractivity contribution in [2.24, 2.45) is 0 Å².